The molecule has 1 amide bonds. The molecule has 0 radical (unpaired) electrons. The molecular formula is C19H19FN4O5S. The van der Waals surface area contributed by atoms with Gasteiger partial charge in [-0.3, -0.25) is 9.59 Å². The van der Waals surface area contributed by atoms with E-state index < -0.39 is 33.4 Å². The molecule has 0 atom stereocenters. The Labute approximate surface area is 171 Å². The van der Waals surface area contributed by atoms with Crippen LogP contribution in [0, 0.1) is 11.7 Å². The highest BCUT2D eigenvalue weighted by molar-refractivity contribution is 7.93. The number of amides is 1. The third-order valence-electron chi connectivity index (χ3n) is 6.14. The van der Waals surface area contributed by atoms with E-state index in [1.54, 1.807) is 0 Å². The second-order valence-electron chi connectivity index (χ2n) is 7.84. The number of carbonyl (C=O) groups is 1. The molecule has 0 bridgehead atoms. The van der Waals surface area contributed by atoms with Crippen LogP contribution in [0.15, 0.2) is 15.3 Å². The molecule has 5 rings (SSSR count). The molecule has 1 aromatic heterocycles. The van der Waals surface area contributed by atoms with Gasteiger partial charge in [0.05, 0.1) is 5.52 Å². The van der Waals surface area contributed by atoms with Crippen LogP contribution in [0.3, 0.4) is 0 Å². The molecule has 30 heavy (non-hydrogen) atoms. The summed E-state index contributed by atoms with van der Waals surface area (Å²) in [5, 5.41) is 13.7. The zero-order valence-corrected chi connectivity index (χ0v) is 16.7. The van der Waals surface area contributed by atoms with E-state index in [-0.39, 0.29) is 45.0 Å². The molecule has 0 spiro atoms. The molecule has 3 heterocycles. The predicted octanol–water partition coefficient (Wildman–Crippen LogP) is 1.67. The topological polar surface area (TPSA) is 121 Å². The maximum atomic E-state index is 15.5. The van der Waals surface area contributed by atoms with Gasteiger partial charge in [0.15, 0.2) is 5.82 Å². The third kappa shape index (κ3) is 2.64. The number of nitrogens with one attached hydrogen (secondary N) is 1. The highest BCUT2D eigenvalue weighted by Gasteiger charge is 2.40. The molecular weight excluding hydrogens is 415 g/mol. The number of hydrogen-bond donors (Lipinski definition) is 2. The van der Waals surface area contributed by atoms with E-state index in [9.17, 15) is 23.1 Å². The average Bonchev–Trinajstić information content (AvgIpc) is 3.21. The van der Waals surface area contributed by atoms with Gasteiger partial charge >= 0.3 is 10.2 Å². The smallest absolute Gasteiger partial charge is 0.352 e. The summed E-state index contributed by atoms with van der Waals surface area (Å²) in [5.74, 6) is -2.19. The Morgan fingerprint density at radius 3 is 2.70 bits per heavy atom. The number of halogens is 1. The number of pyridine rings is 1. The number of phenolic OH excluding ortho intramolecular Hbond substituents is 1. The molecule has 1 aromatic carbocycles. The van der Waals surface area contributed by atoms with E-state index >= 15 is 4.39 Å². The zero-order valence-electron chi connectivity index (χ0n) is 15.9. The summed E-state index contributed by atoms with van der Waals surface area (Å²) in [7, 11) is -4.48. The first-order valence-electron chi connectivity index (χ1n) is 9.79. The molecule has 2 aliphatic heterocycles. The van der Waals surface area contributed by atoms with Crippen molar-refractivity contribution in [1.29, 1.82) is 0 Å². The number of nitrogens with zero attached hydrogens (tertiary/aromatic N) is 3. The van der Waals surface area contributed by atoms with Crippen LogP contribution in [0.2, 0.25) is 0 Å². The molecule has 9 nitrogen and oxygen atoms in total. The number of rotatable bonds is 5. The predicted molar refractivity (Wildman–Crippen MR) is 109 cm³/mol. The van der Waals surface area contributed by atoms with Crippen molar-refractivity contribution in [3.05, 3.63) is 27.8 Å². The van der Waals surface area contributed by atoms with Gasteiger partial charge in [0, 0.05) is 24.0 Å². The number of phenols is 1. The minimum Gasteiger partial charge on any atom is -0.505 e. The van der Waals surface area contributed by atoms with Crippen LogP contribution in [-0.2, 0) is 28.0 Å². The largest absolute Gasteiger partial charge is 0.505 e. The van der Waals surface area contributed by atoms with Crippen LogP contribution < -0.4 is 15.2 Å². The molecule has 0 unspecified atom stereocenters. The first kappa shape index (κ1) is 19.0. The number of anilines is 2. The Bertz CT molecular complexity index is 1300. The molecule has 158 valence electrons. The zero-order chi connectivity index (χ0) is 21.2. The highest BCUT2D eigenvalue weighted by Crippen LogP contribution is 2.44. The lowest BCUT2D eigenvalue weighted by Gasteiger charge is -2.25. The SMILES string of the molecule is O=C1C=NS(=O)(=O)N1c1c(O)c2c3c(cc(NCCC4CCC4)c(=O)n3CC2)c1F. The summed E-state index contributed by atoms with van der Waals surface area (Å²) in [4.78, 5) is 24.9. The van der Waals surface area contributed by atoms with Crippen LogP contribution >= 0.6 is 0 Å². The maximum Gasteiger partial charge on any atom is 0.352 e. The van der Waals surface area contributed by atoms with Crippen molar-refractivity contribution < 1.29 is 22.7 Å². The van der Waals surface area contributed by atoms with E-state index in [2.05, 4.69) is 9.71 Å². The molecule has 2 N–H and O–H groups in total. The number of aryl methyl sites for hydroxylation is 2. The normalized spacial score (nSPS) is 19.6. The second-order valence-corrected chi connectivity index (χ2v) is 9.32. The fourth-order valence-electron chi connectivity index (χ4n) is 4.37. The van der Waals surface area contributed by atoms with Crippen molar-refractivity contribution in [3.8, 4) is 5.75 Å². The summed E-state index contributed by atoms with van der Waals surface area (Å²) in [6.45, 7) is 0.786. The van der Waals surface area contributed by atoms with Gasteiger partial charge in [-0.1, -0.05) is 19.3 Å². The first-order valence-corrected chi connectivity index (χ1v) is 11.2. The summed E-state index contributed by atoms with van der Waals surface area (Å²) in [6.07, 6.45) is 5.24. The number of aromatic hydroxyl groups is 1. The van der Waals surface area contributed by atoms with E-state index in [1.807, 2.05) is 0 Å². The van der Waals surface area contributed by atoms with Crippen molar-refractivity contribution >= 4 is 44.6 Å². The van der Waals surface area contributed by atoms with Gasteiger partial charge in [0.25, 0.3) is 11.5 Å². The lowest BCUT2D eigenvalue weighted by Crippen LogP contribution is -2.31. The van der Waals surface area contributed by atoms with Gasteiger partial charge in [-0.25, -0.2) is 4.39 Å². The van der Waals surface area contributed by atoms with Gasteiger partial charge in [-0.15, -0.1) is 4.40 Å². The van der Waals surface area contributed by atoms with Crippen molar-refractivity contribution in [2.24, 2.45) is 10.3 Å². The molecule has 1 saturated carbocycles. The first-order chi connectivity index (χ1) is 14.3. The fourth-order valence-corrected chi connectivity index (χ4v) is 5.36. The Hall–Kier alpha value is -2.95. The number of hydrogen-bond acceptors (Lipinski definition) is 6. The van der Waals surface area contributed by atoms with Crippen molar-refractivity contribution in [1.82, 2.24) is 4.57 Å². The molecule has 3 aliphatic rings. The Morgan fingerprint density at radius 1 is 1.30 bits per heavy atom. The monoisotopic (exact) mass is 434 g/mol. The van der Waals surface area contributed by atoms with Crippen molar-refractivity contribution in [2.45, 2.75) is 38.6 Å². The van der Waals surface area contributed by atoms with E-state index in [1.165, 1.54) is 29.9 Å². The Balaban J connectivity index is 1.65. The van der Waals surface area contributed by atoms with Crippen LogP contribution in [0.5, 0.6) is 5.75 Å². The molecule has 1 fully saturated rings. The molecule has 11 heteroatoms. The third-order valence-corrected chi connectivity index (χ3v) is 7.33. The maximum absolute atomic E-state index is 15.5. The van der Waals surface area contributed by atoms with Gasteiger partial charge in [0.2, 0.25) is 0 Å². The Kier molecular flexibility index (Phi) is 4.14. The van der Waals surface area contributed by atoms with E-state index in [0.717, 1.165) is 6.42 Å². The molecule has 0 saturated heterocycles. The lowest BCUT2D eigenvalue weighted by atomic mass is 9.83. The van der Waals surface area contributed by atoms with Crippen molar-refractivity contribution in [3.63, 3.8) is 0 Å². The highest BCUT2D eigenvalue weighted by atomic mass is 32.2. The summed E-state index contributed by atoms with van der Waals surface area (Å²) < 4.78 is 44.4. The van der Waals surface area contributed by atoms with Crippen LogP contribution in [-0.4, -0.2) is 36.8 Å². The van der Waals surface area contributed by atoms with Crippen LogP contribution in [0.25, 0.3) is 10.9 Å². The van der Waals surface area contributed by atoms with E-state index in [0.29, 0.717) is 18.7 Å². The Morgan fingerprint density at radius 2 is 2.07 bits per heavy atom. The average molecular weight is 434 g/mol. The molecule has 2 aromatic rings. The molecule has 1 aliphatic carbocycles. The van der Waals surface area contributed by atoms with Crippen LogP contribution in [0.4, 0.5) is 15.8 Å². The fraction of sp³-hybridized carbons (Fsp3) is 0.421. The standard InChI is InChI=1S/C19H19FN4O5S/c20-15-12-8-13(21-6-4-10-2-1-3-10)19(27)23-7-5-11(16(12)23)18(26)17(15)24-14(25)9-22-30(24,28)29/h8-10,21,26H,1-7H2. The quantitative estimate of drug-likeness (QED) is 0.738. The van der Waals surface area contributed by atoms with Gasteiger partial charge in [-0.2, -0.15) is 12.7 Å². The number of carbonyl (C=O) groups excluding carboxylic acids is 1. The number of benzene rings is 1. The summed E-state index contributed by atoms with van der Waals surface area (Å²) in [5.41, 5.74) is -0.429. The van der Waals surface area contributed by atoms with Gasteiger partial charge in [-0.05, 0) is 24.8 Å². The minimum absolute atomic E-state index is 0.0315. The second kappa shape index (κ2) is 6.53. The van der Waals surface area contributed by atoms with Gasteiger partial charge in [0.1, 0.15) is 23.3 Å². The minimum atomic E-state index is -4.48. The van der Waals surface area contributed by atoms with Crippen molar-refractivity contribution in [2.75, 3.05) is 16.2 Å². The lowest BCUT2D eigenvalue weighted by molar-refractivity contribution is -0.110. The number of aromatic nitrogens is 1. The van der Waals surface area contributed by atoms with E-state index in [4.69, 9.17) is 0 Å². The van der Waals surface area contributed by atoms with Gasteiger partial charge < -0.3 is 15.0 Å². The summed E-state index contributed by atoms with van der Waals surface area (Å²) in [6, 6.07) is 1.33. The van der Waals surface area contributed by atoms with Crippen LogP contribution in [0.1, 0.15) is 31.2 Å². The summed E-state index contributed by atoms with van der Waals surface area (Å²) >= 11 is 0.